The van der Waals surface area contributed by atoms with Gasteiger partial charge in [-0.05, 0) is 103 Å². The predicted molar refractivity (Wildman–Crippen MR) is 239 cm³/mol. The van der Waals surface area contributed by atoms with Gasteiger partial charge in [0.2, 0.25) is 0 Å². The summed E-state index contributed by atoms with van der Waals surface area (Å²) in [6.07, 6.45) is 0. The van der Waals surface area contributed by atoms with Crippen molar-refractivity contribution >= 4 is 59.3 Å². The van der Waals surface area contributed by atoms with Crippen LogP contribution < -0.4 is 4.90 Å². The third-order valence-corrected chi connectivity index (χ3v) is 13.0. The van der Waals surface area contributed by atoms with Gasteiger partial charge in [-0.2, -0.15) is 0 Å². The third kappa shape index (κ3) is 5.34. The highest BCUT2D eigenvalue weighted by Gasteiger charge is 2.36. The second-order valence-electron chi connectivity index (χ2n) is 16.5. The van der Waals surface area contributed by atoms with Crippen LogP contribution in [0.5, 0.6) is 0 Å². The smallest absolute Gasteiger partial charge is 0.0546 e. The van der Waals surface area contributed by atoms with E-state index in [0.717, 1.165) is 17.1 Å². The minimum atomic E-state index is -0.0659. The number of nitrogens with zero attached hydrogens (tertiary/aromatic N) is 1. The van der Waals surface area contributed by atoms with E-state index in [1.165, 1.54) is 81.0 Å². The molecule has 8 aromatic carbocycles. The zero-order valence-corrected chi connectivity index (χ0v) is 32.8. The van der Waals surface area contributed by atoms with E-state index in [0.29, 0.717) is 0 Å². The first kappa shape index (κ1) is 33.6. The summed E-state index contributed by atoms with van der Waals surface area (Å²) < 4.78 is 2.63. The van der Waals surface area contributed by atoms with Crippen LogP contribution in [-0.4, -0.2) is 0 Å². The lowest BCUT2D eigenvalue weighted by Crippen LogP contribution is -2.16. The molecule has 0 N–H and O–H groups in total. The Hall–Kier alpha value is -5.96. The molecule has 0 saturated carbocycles. The fraction of sp³-hybridized carbons (Fsp3) is 0.132. The summed E-state index contributed by atoms with van der Waals surface area (Å²) in [6.45, 7) is 11.6. The van der Waals surface area contributed by atoms with E-state index in [1.807, 2.05) is 11.3 Å². The number of benzene rings is 8. The van der Waals surface area contributed by atoms with E-state index < -0.39 is 0 Å². The van der Waals surface area contributed by atoms with Gasteiger partial charge in [-0.3, -0.25) is 0 Å². The van der Waals surface area contributed by atoms with Crippen molar-refractivity contribution < 1.29 is 0 Å². The van der Waals surface area contributed by atoms with Crippen LogP contribution in [0.3, 0.4) is 0 Å². The van der Waals surface area contributed by atoms with Crippen molar-refractivity contribution in [3.63, 3.8) is 0 Å². The van der Waals surface area contributed by atoms with Gasteiger partial charge in [0.05, 0.1) is 5.69 Å². The van der Waals surface area contributed by atoms with Crippen molar-refractivity contribution in [3.8, 4) is 33.4 Å². The first-order valence-electron chi connectivity index (χ1n) is 19.4. The van der Waals surface area contributed by atoms with Crippen LogP contribution in [0.15, 0.2) is 170 Å². The molecule has 55 heavy (non-hydrogen) atoms. The molecule has 1 aliphatic carbocycles. The van der Waals surface area contributed by atoms with Crippen molar-refractivity contribution in [2.45, 2.75) is 45.4 Å². The number of thiophene rings is 1. The highest BCUT2D eigenvalue weighted by atomic mass is 32.1. The van der Waals surface area contributed by atoms with E-state index in [4.69, 9.17) is 0 Å². The average Bonchev–Trinajstić information content (AvgIpc) is 3.70. The number of anilines is 3. The number of hydrogen-bond donors (Lipinski definition) is 0. The van der Waals surface area contributed by atoms with Crippen LogP contribution in [0, 0.1) is 0 Å². The van der Waals surface area contributed by atoms with Gasteiger partial charge in [-0.25, -0.2) is 0 Å². The Labute approximate surface area is 328 Å². The van der Waals surface area contributed by atoms with Gasteiger partial charge in [0.25, 0.3) is 0 Å². The summed E-state index contributed by atoms with van der Waals surface area (Å²) in [4.78, 5) is 2.50. The quantitative estimate of drug-likeness (QED) is 0.171. The molecular formula is C53H43NS. The molecule has 1 heterocycles. The lowest BCUT2D eigenvalue weighted by Gasteiger charge is -2.31. The standard InChI is InChI=1S/C53H43NS/c1-52(2,3)35-26-28-36(29-27-35)54(37-30-31-46-44(33-37)40-18-10-12-22-45(40)53(46,4)5)47-32-25-34-15-6-7-16-38(34)50(47)41-19-9-8-17-39(41)42-21-14-24-49-51(42)43-20-11-13-23-48(43)55-49/h6-33H,1-5H3. The van der Waals surface area contributed by atoms with Crippen molar-refractivity contribution in [3.05, 3.63) is 187 Å². The van der Waals surface area contributed by atoms with E-state index >= 15 is 0 Å². The van der Waals surface area contributed by atoms with Crippen molar-refractivity contribution in [2.75, 3.05) is 4.90 Å². The predicted octanol–water partition coefficient (Wildman–Crippen LogP) is 15.6. The molecule has 10 rings (SSSR count). The van der Waals surface area contributed by atoms with Crippen molar-refractivity contribution in [1.82, 2.24) is 0 Å². The monoisotopic (exact) mass is 725 g/mol. The van der Waals surface area contributed by atoms with Gasteiger partial charge in [0.1, 0.15) is 0 Å². The van der Waals surface area contributed by atoms with Gasteiger partial charge in [-0.1, -0.05) is 162 Å². The minimum Gasteiger partial charge on any atom is -0.310 e. The molecule has 0 radical (unpaired) electrons. The molecule has 1 nitrogen and oxygen atoms in total. The molecule has 1 aliphatic rings. The molecule has 266 valence electrons. The van der Waals surface area contributed by atoms with E-state index in [9.17, 15) is 0 Å². The summed E-state index contributed by atoms with van der Waals surface area (Å²) in [5.74, 6) is 0. The fourth-order valence-corrected chi connectivity index (χ4v) is 10.2. The molecule has 1 aromatic heterocycles. The van der Waals surface area contributed by atoms with Gasteiger partial charge < -0.3 is 4.90 Å². The Morgan fingerprint density at radius 3 is 1.89 bits per heavy atom. The molecule has 0 spiro atoms. The summed E-state index contributed by atoms with van der Waals surface area (Å²) >= 11 is 1.88. The summed E-state index contributed by atoms with van der Waals surface area (Å²) in [5.41, 5.74) is 15.1. The second kappa shape index (κ2) is 12.5. The van der Waals surface area contributed by atoms with Crippen LogP contribution in [-0.2, 0) is 10.8 Å². The maximum absolute atomic E-state index is 2.50. The zero-order chi connectivity index (χ0) is 37.5. The minimum absolute atomic E-state index is 0.0477. The molecule has 2 heteroatoms. The molecule has 9 aromatic rings. The Bertz CT molecular complexity index is 2940. The molecule has 0 bridgehead atoms. The third-order valence-electron chi connectivity index (χ3n) is 11.9. The van der Waals surface area contributed by atoms with E-state index in [2.05, 4.69) is 209 Å². The van der Waals surface area contributed by atoms with Crippen LogP contribution in [0.1, 0.15) is 51.3 Å². The lowest BCUT2D eigenvalue weighted by atomic mass is 9.82. The topological polar surface area (TPSA) is 3.24 Å². The molecule has 0 amide bonds. The van der Waals surface area contributed by atoms with E-state index in [-0.39, 0.29) is 10.8 Å². The van der Waals surface area contributed by atoms with Crippen molar-refractivity contribution in [2.24, 2.45) is 0 Å². The molecule has 0 aliphatic heterocycles. The maximum atomic E-state index is 2.50. The normalized spacial score (nSPS) is 13.3. The number of rotatable bonds is 5. The Balaban J connectivity index is 1.27. The first-order valence-corrected chi connectivity index (χ1v) is 20.2. The maximum Gasteiger partial charge on any atom is 0.0546 e. The summed E-state index contributed by atoms with van der Waals surface area (Å²) in [6, 6.07) is 63.6. The molecule has 0 fully saturated rings. The van der Waals surface area contributed by atoms with Crippen LogP contribution in [0.4, 0.5) is 17.1 Å². The van der Waals surface area contributed by atoms with Gasteiger partial charge in [0.15, 0.2) is 0 Å². The number of fused-ring (bicyclic) bond motifs is 7. The Morgan fingerprint density at radius 2 is 1.09 bits per heavy atom. The SMILES string of the molecule is CC(C)(C)c1ccc(N(c2ccc3c(c2)-c2ccccc2C3(C)C)c2ccc3ccccc3c2-c2ccccc2-c2cccc3sc4ccccc4c23)cc1. The van der Waals surface area contributed by atoms with Crippen LogP contribution in [0.25, 0.3) is 64.3 Å². The Kier molecular flexibility index (Phi) is 7.67. The van der Waals surface area contributed by atoms with E-state index in [1.54, 1.807) is 0 Å². The van der Waals surface area contributed by atoms with Gasteiger partial charge >= 0.3 is 0 Å². The fourth-order valence-electron chi connectivity index (χ4n) is 9.05. The van der Waals surface area contributed by atoms with Crippen LogP contribution in [0.2, 0.25) is 0 Å². The van der Waals surface area contributed by atoms with Crippen LogP contribution >= 0.6 is 11.3 Å². The molecule has 0 atom stereocenters. The average molecular weight is 726 g/mol. The lowest BCUT2D eigenvalue weighted by molar-refractivity contribution is 0.590. The summed E-state index contributed by atoms with van der Waals surface area (Å²) in [7, 11) is 0. The molecular weight excluding hydrogens is 683 g/mol. The number of hydrogen-bond acceptors (Lipinski definition) is 2. The van der Waals surface area contributed by atoms with Crippen molar-refractivity contribution in [1.29, 1.82) is 0 Å². The van der Waals surface area contributed by atoms with Gasteiger partial charge in [-0.15, -0.1) is 11.3 Å². The van der Waals surface area contributed by atoms with Gasteiger partial charge in [0, 0.05) is 42.5 Å². The highest BCUT2D eigenvalue weighted by Crippen LogP contribution is 2.53. The molecule has 0 unspecified atom stereocenters. The molecule has 0 saturated heterocycles. The Morgan fingerprint density at radius 1 is 0.473 bits per heavy atom. The summed E-state index contributed by atoms with van der Waals surface area (Å²) in [5, 5.41) is 5.10. The zero-order valence-electron chi connectivity index (χ0n) is 32.0. The second-order valence-corrected chi connectivity index (χ2v) is 17.6. The highest BCUT2D eigenvalue weighted by molar-refractivity contribution is 7.25. The first-order chi connectivity index (χ1) is 26.7. The largest absolute Gasteiger partial charge is 0.310 e.